The summed E-state index contributed by atoms with van der Waals surface area (Å²) in [7, 11) is -5.11. The van der Waals surface area contributed by atoms with Gasteiger partial charge in [0.05, 0.1) is 6.42 Å². The van der Waals surface area contributed by atoms with Gasteiger partial charge in [-0.2, -0.15) is 0 Å². The summed E-state index contributed by atoms with van der Waals surface area (Å²) < 4.78 is 0. The minimum atomic E-state index is -5.11. The largest absolute Gasteiger partial charge is 2.00 e. The number of carboxylic acids is 2. The molecule has 0 aliphatic rings. The molecule has 0 bridgehead atoms. The molecule has 12 nitrogen and oxygen atoms in total. The van der Waals surface area contributed by atoms with E-state index in [1.807, 2.05) is 0 Å². The fourth-order valence-electron chi connectivity index (χ4n) is 0.253. The second-order valence-electron chi connectivity index (χ2n) is 2.28. The van der Waals surface area contributed by atoms with Gasteiger partial charge in [-0.1, -0.05) is 0 Å². The zero-order chi connectivity index (χ0) is 15.5. The van der Waals surface area contributed by atoms with Gasteiger partial charge in [0.1, 0.15) is 9.05 Å². The smallest absolute Gasteiger partial charge is 0.828 e. The standard InChI is InChI=1S/C4H6O5.CH2O3.Fe.H2O4Si/c5-2(4(8)9)1-3(6)7;2-1(3)4;;1-5(2,3)4/h2,5H,1H2,(H,6,7)(H,8,9);(H2,2,3,4);;1-2H/q;;+2;-2. The fraction of sp³-hybridized carbons (Fsp3) is 0.400. The van der Waals surface area contributed by atoms with Crippen molar-refractivity contribution in [1.29, 1.82) is 0 Å². The first kappa shape index (κ1) is 26.3. The van der Waals surface area contributed by atoms with Crippen LogP contribution in [0.3, 0.4) is 0 Å². The maximum atomic E-state index is 9.72. The van der Waals surface area contributed by atoms with Crippen LogP contribution in [0.4, 0.5) is 4.79 Å². The van der Waals surface area contributed by atoms with Gasteiger partial charge in [0.2, 0.25) is 0 Å². The third kappa shape index (κ3) is 80.0. The quantitative estimate of drug-likeness (QED) is 0.238. The Balaban J connectivity index is -0.0000000964. The molecule has 0 aliphatic heterocycles. The van der Waals surface area contributed by atoms with Crippen LogP contribution in [0, 0.1) is 0 Å². The predicted molar refractivity (Wildman–Crippen MR) is 46.7 cm³/mol. The van der Waals surface area contributed by atoms with Gasteiger partial charge in [-0.25, -0.2) is 9.59 Å². The molecule has 114 valence electrons. The number of carboxylic acid groups (broad SMARTS) is 4. The van der Waals surface area contributed by atoms with Crippen LogP contribution in [0.2, 0.25) is 0 Å². The molecule has 1 atom stereocenters. The molecule has 0 aromatic carbocycles. The van der Waals surface area contributed by atoms with Crippen LogP contribution in [0.1, 0.15) is 6.42 Å². The third-order valence-corrected chi connectivity index (χ3v) is 0.653. The van der Waals surface area contributed by atoms with Crippen LogP contribution in [0.25, 0.3) is 0 Å². The molecule has 14 heteroatoms. The Morgan fingerprint density at radius 1 is 1.00 bits per heavy atom. The van der Waals surface area contributed by atoms with Crippen molar-refractivity contribution in [2.45, 2.75) is 12.5 Å². The van der Waals surface area contributed by atoms with Crippen molar-refractivity contribution in [3.05, 3.63) is 0 Å². The summed E-state index contributed by atoms with van der Waals surface area (Å²) in [6.45, 7) is 0. The summed E-state index contributed by atoms with van der Waals surface area (Å²) in [6, 6.07) is 0. The maximum Gasteiger partial charge on any atom is 2.00 e. The Morgan fingerprint density at radius 2 is 1.21 bits per heavy atom. The fourth-order valence-corrected chi connectivity index (χ4v) is 0.253. The Bertz CT molecular complexity index is 264. The van der Waals surface area contributed by atoms with Gasteiger partial charge in [-0.3, -0.25) is 4.79 Å². The van der Waals surface area contributed by atoms with Crippen LogP contribution in [-0.2, 0) is 26.7 Å². The average molecular weight is 346 g/mol. The van der Waals surface area contributed by atoms with Crippen LogP contribution in [0.15, 0.2) is 0 Å². The van der Waals surface area contributed by atoms with Crippen LogP contribution >= 0.6 is 0 Å². The zero-order valence-electron chi connectivity index (χ0n) is 8.81. The second-order valence-corrected chi connectivity index (χ2v) is 3.38. The molecule has 1 unspecified atom stereocenters. The minimum Gasteiger partial charge on any atom is -0.828 e. The maximum absolute atomic E-state index is 9.72. The molecular formula is C5H10FeO12Si. The summed E-state index contributed by atoms with van der Waals surface area (Å²) in [5.74, 6) is -2.85. The molecular weight excluding hydrogens is 336 g/mol. The van der Waals surface area contributed by atoms with Gasteiger partial charge < -0.3 is 44.7 Å². The second kappa shape index (κ2) is 13.2. The molecule has 0 fully saturated rings. The number of aliphatic hydroxyl groups excluding tert-OH is 1. The summed E-state index contributed by atoms with van der Waals surface area (Å²) in [4.78, 5) is 59.8. The van der Waals surface area contributed by atoms with E-state index in [0.29, 0.717) is 0 Å². The van der Waals surface area contributed by atoms with E-state index in [2.05, 4.69) is 0 Å². The molecule has 0 radical (unpaired) electrons. The summed E-state index contributed by atoms with van der Waals surface area (Å²) in [5.41, 5.74) is 0. The Kier molecular flexibility index (Phi) is 18.3. The van der Waals surface area contributed by atoms with Crippen LogP contribution in [-0.4, -0.2) is 68.4 Å². The molecule has 0 spiro atoms. The summed E-state index contributed by atoms with van der Waals surface area (Å²) in [6.07, 6.45) is -4.38. The van der Waals surface area contributed by atoms with Crippen molar-refractivity contribution in [3.8, 4) is 0 Å². The first-order valence-electron chi connectivity index (χ1n) is 3.67. The van der Waals surface area contributed by atoms with Crippen molar-refractivity contribution in [1.82, 2.24) is 0 Å². The molecule has 0 aliphatic carbocycles. The molecule has 0 rings (SSSR count). The number of rotatable bonds is 3. The molecule has 0 aromatic rings. The van der Waals surface area contributed by atoms with Crippen LogP contribution in [0.5, 0.6) is 0 Å². The van der Waals surface area contributed by atoms with Crippen LogP contribution < -0.4 is 9.59 Å². The van der Waals surface area contributed by atoms with Gasteiger partial charge >= 0.3 is 35.2 Å². The van der Waals surface area contributed by atoms with Crippen molar-refractivity contribution in [2.24, 2.45) is 0 Å². The van der Waals surface area contributed by atoms with E-state index in [1.165, 1.54) is 0 Å². The number of hydrogen-bond donors (Lipinski definition) is 7. The molecule has 0 aromatic heterocycles. The van der Waals surface area contributed by atoms with Gasteiger partial charge in [0.15, 0.2) is 6.10 Å². The third-order valence-electron chi connectivity index (χ3n) is 0.653. The van der Waals surface area contributed by atoms with E-state index in [-0.39, 0.29) is 17.1 Å². The first-order valence-corrected chi connectivity index (χ1v) is 5.38. The molecule has 7 N–H and O–H groups in total. The van der Waals surface area contributed by atoms with Gasteiger partial charge in [-0.05, 0) is 0 Å². The predicted octanol–water partition coefficient (Wildman–Crippen LogP) is -4.75. The van der Waals surface area contributed by atoms with E-state index in [0.717, 1.165) is 0 Å². The zero-order valence-corrected chi connectivity index (χ0v) is 10.9. The van der Waals surface area contributed by atoms with Crippen molar-refractivity contribution < 1.29 is 76.2 Å². The summed E-state index contributed by atoms with van der Waals surface area (Å²) in [5, 5.41) is 38.1. The number of hydrogen-bond acceptors (Lipinski definition) is 8. The molecule has 0 amide bonds. The SMILES string of the molecule is O=C(O)CC(O)C(=O)O.O=C(O)O.[Fe+2].[O-][Si]([O-])(O)O. The van der Waals surface area contributed by atoms with Crippen molar-refractivity contribution in [3.63, 3.8) is 0 Å². The molecule has 19 heavy (non-hydrogen) atoms. The Labute approximate surface area is 116 Å². The van der Waals surface area contributed by atoms with Crippen molar-refractivity contribution >= 4 is 27.1 Å². The Morgan fingerprint density at radius 3 is 1.26 bits per heavy atom. The number of aliphatic hydroxyl groups is 1. The van der Waals surface area contributed by atoms with E-state index in [1.54, 1.807) is 0 Å². The van der Waals surface area contributed by atoms with E-state index in [4.69, 9.17) is 49.5 Å². The number of aliphatic carboxylic acids is 2. The topological polar surface area (TPSA) is 239 Å². The first-order chi connectivity index (χ1) is 7.77. The summed E-state index contributed by atoms with van der Waals surface area (Å²) >= 11 is 0. The average Bonchev–Trinajstić information content (AvgIpc) is 1.97. The monoisotopic (exact) mass is 346 g/mol. The van der Waals surface area contributed by atoms with Gasteiger partial charge in [-0.15, -0.1) is 0 Å². The van der Waals surface area contributed by atoms with Crippen molar-refractivity contribution in [2.75, 3.05) is 0 Å². The van der Waals surface area contributed by atoms with E-state index < -0.39 is 39.7 Å². The number of carbonyl (C=O) groups is 3. The van der Waals surface area contributed by atoms with E-state index in [9.17, 15) is 9.59 Å². The molecule has 0 saturated carbocycles. The van der Waals surface area contributed by atoms with Gasteiger partial charge in [0.25, 0.3) is 0 Å². The van der Waals surface area contributed by atoms with E-state index >= 15 is 0 Å². The molecule has 0 heterocycles. The molecule has 0 saturated heterocycles. The normalized spacial score (nSPS) is 10.4. The van der Waals surface area contributed by atoms with Gasteiger partial charge in [0, 0.05) is 0 Å². The Hall–Kier alpha value is -1.25. The minimum absolute atomic E-state index is 0.